The van der Waals surface area contributed by atoms with Crippen LogP contribution in [0.4, 0.5) is 4.79 Å². The van der Waals surface area contributed by atoms with Crippen molar-refractivity contribution in [2.24, 2.45) is 0 Å². The highest BCUT2D eigenvalue weighted by molar-refractivity contribution is 5.82. The van der Waals surface area contributed by atoms with Crippen molar-refractivity contribution in [1.82, 2.24) is 15.1 Å². The molecule has 0 radical (unpaired) electrons. The molecule has 3 N–H and O–H groups in total. The van der Waals surface area contributed by atoms with Crippen molar-refractivity contribution in [2.45, 2.75) is 32.4 Å². The average molecular weight is 273 g/mol. The molecule has 0 bridgehead atoms. The van der Waals surface area contributed by atoms with Crippen LogP contribution in [0.1, 0.15) is 20.3 Å². The summed E-state index contributed by atoms with van der Waals surface area (Å²) in [6.07, 6.45) is 1.07. The summed E-state index contributed by atoms with van der Waals surface area (Å²) < 4.78 is 0. The molecule has 1 aliphatic rings. The van der Waals surface area contributed by atoms with Crippen molar-refractivity contribution >= 4 is 12.0 Å². The van der Waals surface area contributed by atoms with Crippen molar-refractivity contribution < 1.29 is 19.8 Å². The highest BCUT2D eigenvalue weighted by Gasteiger charge is 2.26. The second-order valence-electron chi connectivity index (χ2n) is 4.80. The van der Waals surface area contributed by atoms with E-state index < -0.39 is 24.6 Å². The number of carboxylic acid groups (broad SMARTS) is 1. The number of aliphatic carboxylic acids is 1. The number of rotatable bonds is 5. The van der Waals surface area contributed by atoms with Gasteiger partial charge in [0.2, 0.25) is 0 Å². The minimum absolute atomic E-state index is 0.426. The van der Waals surface area contributed by atoms with E-state index in [1.165, 1.54) is 0 Å². The topological polar surface area (TPSA) is 93.1 Å². The minimum Gasteiger partial charge on any atom is -0.480 e. The van der Waals surface area contributed by atoms with Gasteiger partial charge < -0.3 is 20.4 Å². The van der Waals surface area contributed by atoms with Crippen LogP contribution in [-0.4, -0.2) is 76.9 Å². The zero-order chi connectivity index (χ0) is 14.4. The lowest BCUT2D eigenvalue weighted by atomic mass is 10.2. The van der Waals surface area contributed by atoms with Gasteiger partial charge in [-0.15, -0.1) is 0 Å². The van der Waals surface area contributed by atoms with E-state index in [9.17, 15) is 9.59 Å². The third-order valence-corrected chi connectivity index (χ3v) is 3.59. The Labute approximate surface area is 113 Å². The lowest BCUT2D eigenvalue weighted by Gasteiger charge is -2.38. The Morgan fingerprint density at radius 3 is 2.26 bits per heavy atom. The zero-order valence-corrected chi connectivity index (χ0v) is 11.5. The Morgan fingerprint density at radius 2 is 1.84 bits per heavy atom. The number of carbonyl (C=O) groups is 2. The quantitative estimate of drug-likeness (QED) is 0.631. The van der Waals surface area contributed by atoms with Crippen molar-refractivity contribution in [1.29, 1.82) is 0 Å². The Balaban J connectivity index is 2.42. The maximum atomic E-state index is 11.8. The first-order chi connectivity index (χ1) is 8.99. The fourth-order valence-corrected chi connectivity index (χ4v) is 2.05. The van der Waals surface area contributed by atoms with Gasteiger partial charge in [0.05, 0.1) is 6.61 Å². The summed E-state index contributed by atoms with van der Waals surface area (Å²) >= 11 is 0. The van der Waals surface area contributed by atoms with Crippen LogP contribution >= 0.6 is 0 Å². The van der Waals surface area contributed by atoms with Gasteiger partial charge in [0.15, 0.2) is 6.04 Å². The van der Waals surface area contributed by atoms with Crippen LogP contribution in [0, 0.1) is 0 Å². The molecule has 0 aliphatic carbocycles. The number of piperazine rings is 1. The molecular formula is C12H23N3O4. The number of hydrogen-bond donors (Lipinski definition) is 3. The third-order valence-electron chi connectivity index (χ3n) is 3.59. The summed E-state index contributed by atoms with van der Waals surface area (Å²) in [4.78, 5) is 26.5. The Kier molecular flexibility index (Phi) is 6.04. The molecular weight excluding hydrogens is 250 g/mol. The van der Waals surface area contributed by atoms with Gasteiger partial charge in [0, 0.05) is 32.2 Å². The molecule has 1 fully saturated rings. The van der Waals surface area contributed by atoms with Crippen LogP contribution in [0.15, 0.2) is 0 Å². The van der Waals surface area contributed by atoms with E-state index >= 15 is 0 Å². The van der Waals surface area contributed by atoms with Crippen molar-refractivity contribution in [2.75, 3.05) is 32.8 Å². The molecule has 7 nitrogen and oxygen atoms in total. The molecule has 1 saturated heterocycles. The van der Waals surface area contributed by atoms with Crippen molar-refractivity contribution in [3.05, 3.63) is 0 Å². The third kappa shape index (κ3) is 4.36. The SMILES string of the molecule is CCC(C)N1CCN(C(=O)N[C@H](CO)C(=O)O)CC1. The summed E-state index contributed by atoms with van der Waals surface area (Å²) in [6, 6.07) is -1.17. The molecule has 1 unspecified atom stereocenters. The first-order valence-corrected chi connectivity index (χ1v) is 6.62. The number of amides is 2. The molecule has 0 aromatic heterocycles. The molecule has 1 rings (SSSR count). The highest BCUT2D eigenvalue weighted by atomic mass is 16.4. The standard InChI is InChI=1S/C12H23N3O4/c1-3-9(2)14-4-6-15(7-5-14)12(19)13-10(8-16)11(17)18/h9-10,16H,3-8H2,1-2H3,(H,13,19)(H,17,18)/t9?,10-/m1/s1. The summed E-state index contributed by atoms with van der Waals surface area (Å²) in [5.74, 6) is -1.23. The number of nitrogens with one attached hydrogen (secondary N) is 1. The molecule has 0 spiro atoms. The summed E-state index contributed by atoms with van der Waals surface area (Å²) in [5, 5.41) is 19.9. The number of aliphatic hydroxyl groups excluding tert-OH is 1. The van der Waals surface area contributed by atoms with Gasteiger partial charge in [-0.05, 0) is 13.3 Å². The molecule has 1 heterocycles. The molecule has 2 atom stereocenters. The van der Waals surface area contributed by atoms with Gasteiger partial charge in [0.1, 0.15) is 0 Å². The molecule has 2 amide bonds. The van der Waals surface area contributed by atoms with E-state index in [0.29, 0.717) is 19.1 Å². The fraction of sp³-hybridized carbons (Fsp3) is 0.833. The summed E-state index contributed by atoms with van der Waals surface area (Å²) in [5.41, 5.74) is 0. The molecule has 0 aromatic rings. The van der Waals surface area contributed by atoms with E-state index in [0.717, 1.165) is 19.5 Å². The predicted octanol–water partition coefficient (Wildman–Crippen LogP) is -0.442. The monoisotopic (exact) mass is 273 g/mol. The van der Waals surface area contributed by atoms with Crippen LogP contribution in [0.3, 0.4) is 0 Å². The van der Waals surface area contributed by atoms with E-state index in [1.807, 2.05) is 0 Å². The molecule has 0 aromatic carbocycles. The summed E-state index contributed by atoms with van der Waals surface area (Å²) in [7, 11) is 0. The number of urea groups is 1. The zero-order valence-electron chi connectivity index (χ0n) is 11.5. The molecule has 19 heavy (non-hydrogen) atoms. The first-order valence-electron chi connectivity index (χ1n) is 6.62. The second-order valence-corrected chi connectivity index (χ2v) is 4.80. The maximum absolute atomic E-state index is 11.8. The number of carbonyl (C=O) groups excluding carboxylic acids is 1. The van der Waals surface area contributed by atoms with Gasteiger partial charge in [-0.1, -0.05) is 6.92 Å². The van der Waals surface area contributed by atoms with Gasteiger partial charge in [-0.25, -0.2) is 9.59 Å². The molecule has 1 aliphatic heterocycles. The van der Waals surface area contributed by atoms with Gasteiger partial charge >= 0.3 is 12.0 Å². The smallest absolute Gasteiger partial charge is 0.328 e. The Morgan fingerprint density at radius 1 is 1.26 bits per heavy atom. The lowest BCUT2D eigenvalue weighted by molar-refractivity contribution is -0.140. The van der Waals surface area contributed by atoms with Crippen LogP contribution < -0.4 is 5.32 Å². The lowest BCUT2D eigenvalue weighted by Crippen LogP contribution is -2.56. The van der Waals surface area contributed by atoms with Crippen LogP contribution in [0.2, 0.25) is 0 Å². The number of carboxylic acids is 1. The predicted molar refractivity (Wildman–Crippen MR) is 69.9 cm³/mol. The fourth-order valence-electron chi connectivity index (χ4n) is 2.05. The van der Waals surface area contributed by atoms with Gasteiger partial charge in [-0.2, -0.15) is 0 Å². The Bertz CT molecular complexity index is 316. The average Bonchev–Trinajstić information content (AvgIpc) is 2.43. The number of aliphatic hydroxyl groups is 1. The Hall–Kier alpha value is -1.34. The van der Waals surface area contributed by atoms with Gasteiger partial charge in [-0.3, -0.25) is 4.90 Å². The van der Waals surface area contributed by atoms with Crippen LogP contribution in [-0.2, 0) is 4.79 Å². The van der Waals surface area contributed by atoms with E-state index in [2.05, 4.69) is 24.1 Å². The molecule has 110 valence electrons. The van der Waals surface area contributed by atoms with Crippen molar-refractivity contribution in [3.8, 4) is 0 Å². The summed E-state index contributed by atoms with van der Waals surface area (Å²) in [6.45, 7) is 6.42. The largest absolute Gasteiger partial charge is 0.480 e. The first kappa shape index (κ1) is 15.7. The van der Waals surface area contributed by atoms with E-state index in [4.69, 9.17) is 10.2 Å². The number of nitrogens with zero attached hydrogens (tertiary/aromatic N) is 2. The van der Waals surface area contributed by atoms with Crippen molar-refractivity contribution in [3.63, 3.8) is 0 Å². The van der Waals surface area contributed by atoms with Gasteiger partial charge in [0.25, 0.3) is 0 Å². The van der Waals surface area contributed by atoms with E-state index in [-0.39, 0.29) is 0 Å². The van der Waals surface area contributed by atoms with E-state index in [1.54, 1.807) is 4.90 Å². The minimum atomic E-state index is -1.24. The maximum Gasteiger partial charge on any atom is 0.328 e. The second kappa shape index (κ2) is 7.30. The molecule has 0 saturated carbocycles. The van der Waals surface area contributed by atoms with Crippen LogP contribution in [0.5, 0.6) is 0 Å². The number of hydrogen-bond acceptors (Lipinski definition) is 4. The highest BCUT2D eigenvalue weighted by Crippen LogP contribution is 2.08. The normalized spacial score (nSPS) is 19.8. The molecule has 7 heteroatoms. The van der Waals surface area contributed by atoms with Crippen LogP contribution in [0.25, 0.3) is 0 Å².